The number of halogens is 2. The second kappa shape index (κ2) is 14.8. The summed E-state index contributed by atoms with van der Waals surface area (Å²) in [5.74, 6) is -0.442. The van der Waals surface area contributed by atoms with Crippen LogP contribution in [0.5, 0.6) is 0 Å². The zero-order valence-electron chi connectivity index (χ0n) is 31.1. The minimum atomic E-state index is -4.54. The first-order valence-corrected chi connectivity index (χ1v) is 19.0. The lowest BCUT2D eigenvalue weighted by Gasteiger charge is -2.30. The van der Waals surface area contributed by atoms with Crippen LogP contribution in [-0.4, -0.2) is 19.6 Å². The zero-order valence-corrected chi connectivity index (χ0v) is 31.1. The van der Waals surface area contributed by atoms with E-state index in [1.165, 1.54) is 0 Å². The Hall–Kier alpha value is -7.12. The molecule has 0 saturated carbocycles. The molecule has 0 bridgehead atoms. The van der Waals surface area contributed by atoms with Gasteiger partial charge < -0.3 is 22.5 Å². The van der Waals surface area contributed by atoms with Crippen LogP contribution in [0.3, 0.4) is 0 Å². The Morgan fingerprint density at radius 2 is 1.02 bits per heavy atom. The van der Waals surface area contributed by atoms with Crippen LogP contribution in [0.25, 0.3) is 55.8 Å². The summed E-state index contributed by atoms with van der Waals surface area (Å²) < 4.78 is 44.4. The lowest BCUT2D eigenvalue weighted by atomic mass is 9.85. The van der Waals surface area contributed by atoms with Crippen molar-refractivity contribution >= 4 is 57.7 Å². The summed E-state index contributed by atoms with van der Waals surface area (Å²) in [6, 6.07) is 59.4. The molecule has 1 aliphatic rings. The number of pyridine rings is 1. The summed E-state index contributed by atoms with van der Waals surface area (Å²) in [6.45, 7) is 1.97. The predicted molar refractivity (Wildman–Crippen MR) is 226 cm³/mol. The molecule has 57 heavy (non-hydrogen) atoms. The average molecular weight is 748 g/mol. The molecule has 4 nitrogen and oxygen atoms in total. The summed E-state index contributed by atoms with van der Waals surface area (Å²) >= 11 is 0. The molecule has 2 heterocycles. The summed E-state index contributed by atoms with van der Waals surface area (Å²) in [5.41, 5.74) is 9.98. The number of hydrogen-bond donors (Lipinski definition) is 0. The number of benzene rings is 7. The number of rotatable bonds is 8. The maximum Gasteiger partial charge on any atom is 0.834 e. The smallest absolute Gasteiger partial charge is 0.599 e. The van der Waals surface area contributed by atoms with Crippen LogP contribution in [-0.2, 0) is 9.39 Å². The van der Waals surface area contributed by atoms with E-state index < -0.39 is 13.0 Å². The first-order valence-electron chi connectivity index (χ1n) is 19.0. The summed E-state index contributed by atoms with van der Waals surface area (Å²) in [5, 5.41) is 2.22. The molecule has 0 saturated heterocycles. The Bertz CT molecular complexity index is 2800. The van der Waals surface area contributed by atoms with Crippen molar-refractivity contribution < 1.29 is 27.3 Å². The minimum absolute atomic E-state index is 0.0308. The van der Waals surface area contributed by atoms with Crippen molar-refractivity contribution in [2.24, 2.45) is 0 Å². The molecule has 1 aliphatic heterocycles. The van der Waals surface area contributed by atoms with E-state index in [0.29, 0.717) is 33.1 Å². The highest BCUT2D eigenvalue weighted by atomic mass is 19.3. The van der Waals surface area contributed by atoms with Crippen LogP contribution < -0.4 is 4.48 Å². The fourth-order valence-electron chi connectivity index (χ4n) is 7.87. The number of esters is 1. The van der Waals surface area contributed by atoms with E-state index in [2.05, 4.69) is 97.1 Å². The van der Waals surface area contributed by atoms with E-state index in [9.17, 15) is 4.79 Å². The molecule has 0 radical (unpaired) electrons. The summed E-state index contributed by atoms with van der Waals surface area (Å²) in [7, 11) is -4.54. The number of aromatic nitrogens is 1. The van der Waals surface area contributed by atoms with Crippen LogP contribution >= 0.6 is 0 Å². The normalized spacial score (nSPS) is 13.0. The SMILES string of the molecule is CCOC(=O)c1ccc(C2=Cc3c4ccccc4c4cc(-c5ccc(C(=C(c6ccccc6)c6ccccc6)c6ccccc6)cc5)ccc4[n+]3[B-](F)(F)O2)cc1. The van der Waals surface area contributed by atoms with Gasteiger partial charge in [-0.15, -0.1) is 0 Å². The first-order chi connectivity index (χ1) is 27.9. The number of fused-ring (bicyclic) bond motifs is 6. The van der Waals surface area contributed by atoms with Crippen LogP contribution in [0.4, 0.5) is 8.63 Å². The van der Waals surface area contributed by atoms with E-state index >= 15 is 8.63 Å². The molecule has 8 aromatic rings. The van der Waals surface area contributed by atoms with Crippen molar-refractivity contribution in [2.75, 3.05) is 6.61 Å². The number of ether oxygens (including phenoxy) is 1. The molecule has 0 atom stereocenters. The van der Waals surface area contributed by atoms with Gasteiger partial charge >= 0.3 is 13.0 Å². The molecule has 0 unspecified atom stereocenters. The average Bonchev–Trinajstić information content (AvgIpc) is 3.26. The third-order valence-corrected chi connectivity index (χ3v) is 10.5. The van der Waals surface area contributed by atoms with Gasteiger partial charge in [-0.25, -0.2) is 4.79 Å². The second-order valence-electron chi connectivity index (χ2n) is 13.9. The number of carbonyl (C=O) groups is 1. The molecule has 7 heteroatoms. The number of hydrogen-bond acceptors (Lipinski definition) is 3. The number of carbonyl (C=O) groups excluding carboxylic acids is 1. The standard InChI is InChI=1S/C50H36BF2NO3/c1-2-56-50(55)40-28-24-35(25-29-40)47-33-46-43-21-13-12-20-42(43)44-32-41(30-31-45(44)54(46)51(52,53)57-47)34-22-26-39(27-23-34)49(38-18-10-5-11-19-38)48(36-14-6-3-7-15-36)37-16-8-4-9-17-37/h3-33H,2H2,1H3. The Morgan fingerprint density at radius 1 is 0.544 bits per heavy atom. The monoisotopic (exact) mass is 747 g/mol. The van der Waals surface area contributed by atoms with Crippen LogP contribution in [0, 0.1) is 0 Å². The second-order valence-corrected chi connectivity index (χ2v) is 13.9. The maximum atomic E-state index is 16.4. The highest BCUT2D eigenvalue weighted by molar-refractivity contribution is 6.52. The zero-order chi connectivity index (χ0) is 38.9. The van der Waals surface area contributed by atoms with Crippen molar-refractivity contribution in [1.29, 1.82) is 0 Å². The van der Waals surface area contributed by atoms with Gasteiger partial charge in [-0.3, -0.25) is 0 Å². The molecular formula is C50H36BF2NO3. The van der Waals surface area contributed by atoms with Gasteiger partial charge in [0.1, 0.15) is 0 Å². The van der Waals surface area contributed by atoms with Crippen molar-refractivity contribution in [1.82, 2.24) is 0 Å². The molecule has 0 fully saturated rings. The molecular weight excluding hydrogens is 711 g/mol. The molecule has 0 spiro atoms. The molecule has 0 N–H and O–H groups in total. The molecule has 1 aromatic heterocycles. The predicted octanol–water partition coefficient (Wildman–Crippen LogP) is 11.9. The van der Waals surface area contributed by atoms with Crippen LogP contribution in [0.2, 0.25) is 0 Å². The van der Waals surface area contributed by atoms with Crippen molar-refractivity contribution in [3.05, 3.63) is 221 Å². The molecule has 0 aliphatic carbocycles. The van der Waals surface area contributed by atoms with E-state index in [1.54, 1.807) is 43.3 Å². The van der Waals surface area contributed by atoms with Crippen LogP contribution in [0.1, 0.15) is 50.8 Å². The van der Waals surface area contributed by atoms with Crippen molar-refractivity contribution in [3.8, 4) is 11.1 Å². The van der Waals surface area contributed by atoms with Gasteiger partial charge in [0.15, 0.2) is 11.2 Å². The van der Waals surface area contributed by atoms with E-state index in [0.717, 1.165) is 54.4 Å². The van der Waals surface area contributed by atoms with Gasteiger partial charge in [-0.05, 0) is 81.8 Å². The maximum absolute atomic E-state index is 16.4. The molecule has 0 amide bonds. The lowest BCUT2D eigenvalue weighted by molar-refractivity contribution is -0.554. The summed E-state index contributed by atoms with van der Waals surface area (Å²) in [6.07, 6.45) is 1.66. The topological polar surface area (TPSA) is 39.4 Å². The number of nitrogens with zero attached hydrogens (tertiary/aromatic N) is 1. The third-order valence-electron chi connectivity index (χ3n) is 10.5. The van der Waals surface area contributed by atoms with Gasteiger partial charge in [0.2, 0.25) is 0 Å². The molecule has 7 aromatic carbocycles. The Labute approximate surface area is 329 Å². The minimum Gasteiger partial charge on any atom is -0.599 e. The van der Waals surface area contributed by atoms with E-state index in [-0.39, 0.29) is 12.4 Å². The molecule has 276 valence electrons. The molecule has 9 rings (SSSR count). The highest BCUT2D eigenvalue weighted by Gasteiger charge is 2.51. The Balaban J connectivity index is 1.16. The Kier molecular flexibility index (Phi) is 9.27. The lowest BCUT2D eigenvalue weighted by Crippen LogP contribution is -2.64. The highest BCUT2D eigenvalue weighted by Crippen LogP contribution is 2.39. The van der Waals surface area contributed by atoms with Gasteiger partial charge in [0, 0.05) is 33.9 Å². The first kappa shape index (κ1) is 35.6. The van der Waals surface area contributed by atoms with E-state index in [1.807, 2.05) is 54.6 Å². The van der Waals surface area contributed by atoms with Gasteiger partial charge in [0.25, 0.3) is 0 Å². The van der Waals surface area contributed by atoms with Crippen LogP contribution in [0.15, 0.2) is 182 Å². The fraction of sp³-hybridized carbons (Fsp3) is 0.0400. The third kappa shape index (κ3) is 6.67. The van der Waals surface area contributed by atoms with Crippen molar-refractivity contribution in [2.45, 2.75) is 6.92 Å². The van der Waals surface area contributed by atoms with E-state index in [4.69, 9.17) is 9.39 Å². The van der Waals surface area contributed by atoms with Gasteiger partial charge in [-0.2, -0.15) is 0 Å². The summed E-state index contributed by atoms with van der Waals surface area (Å²) in [4.78, 5) is 12.2. The fourth-order valence-corrected chi connectivity index (χ4v) is 7.87. The van der Waals surface area contributed by atoms with Crippen molar-refractivity contribution in [3.63, 3.8) is 0 Å². The largest absolute Gasteiger partial charge is 0.834 e. The van der Waals surface area contributed by atoms with Gasteiger partial charge in [-0.1, -0.05) is 146 Å². The Morgan fingerprint density at radius 3 is 1.58 bits per heavy atom. The quantitative estimate of drug-likeness (QED) is 0.0672. The van der Waals surface area contributed by atoms with Gasteiger partial charge in [0.05, 0.1) is 17.9 Å².